The Morgan fingerprint density at radius 1 is 1.30 bits per heavy atom. The van der Waals surface area contributed by atoms with Crippen LogP contribution in [0.4, 0.5) is 10.7 Å². The van der Waals surface area contributed by atoms with Crippen LogP contribution >= 0.6 is 35.2 Å². The normalized spacial score (nSPS) is 12.9. The molecule has 0 saturated heterocycles. The molecule has 0 saturated carbocycles. The van der Waals surface area contributed by atoms with Gasteiger partial charge >= 0.3 is 5.97 Å². The molecule has 1 aliphatic carbocycles. The molecule has 2 aromatic rings. The first-order valence-corrected chi connectivity index (χ1v) is 10.4. The lowest BCUT2D eigenvalue weighted by Crippen LogP contribution is -2.20. The lowest BCUT2D eigenvalue weighted by atomic mass is 9.95. The second-order valence-electron chi connectivity index (χ2n) is 6.06. The summed E-state index contributed by atoms with van der Waals surface area (Å²) < 4.78 is 10.4. The van der Waals surface area contributed by atoms with Gasteiger partial charge in [0.2, 0.25) is 0 Å². The Balaban J connectivity index is 1.80. The zero-order valence-electron chi connectivity index (χ0n) is 15.2. The molecule has 8 heteroatoms. The number of carbonyl (C=O) groups excluding carboxylic acids is 1. The molecule has 1 aromatic heterocycles. The number of aryl methyl sites for hydroxylation is 1. The zero-order valence-corrected chi connectivity index (χ0v) is 17.6. The molecule has 27 heavy (non-hydrogen) atoms. The summed E-state index contributed by atoms with van der Waals surface area (Å²) >= 11 is 13.2. The highest BCUT2D eigenvalue weighted by Crippen LogP contribution is 2.38. The van der Waals surface area contributed by atoms with Crippen LogP contribution in [0.5, 0.6) is 5.75 Å². The maximum atomic E-state index is 12.5. The van der Waals surface area contributed by atoms with E-state index in [9.17, 15) is 4.79 Å². The molecular weight excluding hydrogens is 404 g/mol. The third-order valence-corrected chi connectivity index (χ3v) is 5.99. The van der Waals surface area contributed by atoms with Crippen LogP contribution in [0, 0.1) is 0 Å². The van der Waals surface area contributed by atoms with Gasteiger partial charge in [0.25, 0.3) is 0 Å². The van der Waals surface area contributed by atoms with Gasteiger partial charge in [-0.15, -0.1) is 11.3 Å². The number of hydrogen-bond donors (Lipinski definition) is 2. The Morgan fingerprint density at radius 3 is 2.78 bits per heavy atom. The van der Waals surface area contributed by atoms with E-state index in [0.717, 1.165) is 41.9 Å². The van der Waals surface area contributed by atoms with Crippen molar-refractivity contribution >= 4 is 56.9 Å². The second-order valence-corrected chi connectivity index (χ2v) is 7.98. The Labute approximate surface area is 173 Å². The summed E-state index contributed by atoms with van der Waals surface area (Å²) in [6.45, 7) is 2.15. The van der Waals surface area contributed by atoms with E-state index in [-0.39, 0.29) is 5.97 Å². The number of esters is 1. The summed E-state index contributed by atoms with van der Waals surface area (Å²) in [5.41, 5.74) is 2.45. The van der Waals surface area contributed by atoms with Crippen LogP contribution in [0.3, 0.4) is 0 Å². The van der Waals surface area contributed by atoms with E-state index in [4.69, 9.17) is 33.3 Å². The van der Waals surface area contributed by atoms with Crippen LogP contribution in [-0.4, -0.2) is 24.8 Å². The Kier molecular flexibility index (Phi) is 6.57. The first-order chi connectivity index (χ1) is 13.0. The number of carbonyl (C=O) groups is 1. The Morgan fingerprint density at radius 2 is 2.07 bits per heavy atom. The topological polar surface area (TPSA) is 59.6 Å². The predicted molar refractivity (Wildman–Crippen MR) is 115 cm³/mol. The van der Waals surface area contributed by atoms with Gasteiger partial charge in [-0.25, -0.2) is 4.79 Å². The fraction of sp³-hybridized carbons (Fsp3) is 0.368. The highest BCUT2D eigenvalue weighted by atomic mass is 35.5. The van der Waals surface area contributed by atoms with Crippen molar-refractivity contribution < 1.29 is 14.3 Å². The van der Waals surface area contributed by atoms with E-state index in [2.05, 4.69) is 10.6 Å². The lowest BCUT2D eigenvalue weighted by Gasteiger charge is -2.13. The summed E-state index contributed by atoms with van der Waals surface area (Å²) in [7, 11) is 1.57. The number of ether oxygens (including phenoxy) is 2. The van der Waals surface area contributed by atoms with E-state index in [1.165, 1.54) is 4.88 Å². The molecule has 1 heterocycles. The molecule has 0 radical (unpaired) electrons. The number of methoxy groups -OCH3 is 1. The molecule has 0 amide bonds. The number of hydrogen-bond acceptors (Lipinski definition) is 5. The summed E-state index contributed by atoms with van der Waals surface area (Å²) in [6.07, 6.45) is 4.11. The van der Waals surface area contributed by atoms with Crippen molar-refractivity contribution in [2.75, 3.05) is 24.4 Å². The molecule has 0 unspecified atom stereocenters. The van der Waals surface area contributed by atoms with Crippen LogP contribution < -0.4 is 15.4 Å². The van der Waals surface area contributed by atoms with Crippen molar-refractivity contribution in [2.45, 2.75) is 32.6 Å². The Hall–Kier alpha value is -1.83. The SMILES string of the molecule is CCOC(=O)c1c(NC(=S)Nc2ccc(OC)c(Cl)c2)sc2c1CCCC2. The van der Waals surface area contributed by atoms with Crippen molar-refractivity contribution in [3.63, 3.8) is 0 Å². The van der Waals surface area contributed by atoms with Gasteiger partial charge in [0, 0.05) is 10.6 Å². The van der Waals surface area contributed by atoms with Crippen molar-refractivity contribution in [1.29, 1.82) is 0 Å². The van der Waals surface area contributed by atoms with Gasteiger partial charge in [-0.1, -0.05) is 11.6 Å². The van der Waals surface area contributed by atoms with Crippen LogP contribution in [-0.2, 0) is 17.6 Å². The zero-order chi connectivity index (χ0) is 19.4. The minimum atomic E-state index is -0.297. The van der Waals surface area contributed by atoms with Crippen LogP contribution in [0.2, 0.25) is 5.02 Å². The summed E-state index contributed by atoms with van der Waals surface area (Å²) in [6, 6.07) is 5.33. The maximum Gasteiger partial charge on any atom is 0.341 e. The third kappa shape index (κ3) is 4.54. The fourth-order valence-electron chi connectivity index (χ4n) is 3.08. The van der Waals surface area contributed by atoms with Crippen molar-refractivity contribution in [3.8, 4) is 5.75 Å². The quantitative estimate of drug-likeness (QED) is 0.503. The average Bonchev–Trinajstić information content (AvgIpc) is 2.99. The molecule has 1 aromatic carbocycles. The van der Waals surface area contributed by atoms with Gasteiger partial charge in [0.15, 0.2) is 5.11 Å². The van der Waals surface area contributed by atoms with Crippen molar-refractivity contribution in [3.05, 3.63) is 39.2 Å². The standard InChI is InChI=1S/C19H21ClN2O3S2/c1-3-25-18(23)16-12-6-4-5-7-15(12)27-17(16)22-19(26)21-11-8-9-14(24-2)13(20)10-11/h8-10H,3-7H2,1-2H3,(H2,21,22,26). The molecule has 0 atom stereocenters. The maximum absolute atomic E-state index is 12.5. The van der Waals surface area contributed by atoms with E-state index in [1.807, 2.05) is 13.0 Å². The summed E-state index contributed by atoms with van der Waals surface area (Å²) in [5, 5.41) is 7.88. The first kappa shape index (κ1) is 19.9. The highest BCUT2D eigenvalue weighted by Gasteiger charge is 2.26. The molecule has 0 fully saturated rings. The molecule has 0 bridgehead atoms. The minimum Gasteiger partial charge on any atom is -0.495 e. The van der Waals surface area contributed by atoms with Gasteiger partial charge in [-0.05, 0) is 68.6 Å². The van der Waals surface area contributed by atoms with Gasteiger partial charge in [-0.2, -0.15) is 0 Å². The fourth-order valence-corrected chi connectivity index (χ4v) is 4.91. The Bertz CT molecular complexity index is 867. The van der Waals surface area contributed by atoms with Gasteiger partial charge in [-0.3, -0.25) is 0 Å². The number of halogens is 1. The highest BCUT2D eigenvalue weighted by molar-refractivity contribution is 7.80. The number of thiocarbonyl (C=S) groups is 1. The molecule has 2 N–H and O–H groups in total. The van der Waals surface area contributed by atoms with Gasteiger partial charge in [0.1, 0.15) is 10.8 Å². The van der Waals surface area contributed by atoms with Gasteiger partial charge in [0.05, 0.1) is 24.3 Å². The van der Waals surface area contributed by atoms with E-state index in [1.54, 1.807) is 30.6 Å². The molecule has 5 nitrogen and oxygen atoms in total. The van der Waals surface area contributed by atoms with Crippen LogP contribution in [0.1, 0.15) is 40.6 Å². The molecule has 3 rings (SSSR count). The smallest absolute Gasteiger partial charge is 0.341 e. The number of benzene rings is 1. The molecular formula is C19H21ClN2O3S2. The summed E-state index contributed by atoms with van der Waals surface area (Å²) in [5.74, 6) is 0.298. The first-order valence-electron chi connectivity index (χ1n) is 8.76. The summed E-state index contributed by atoms with van der Waals surface area (Å²) in [4.78, 5) is 13.7. The average molecular weight is 425 g/mol. The molecule has 0 aliphatic heterocycles. The van der Waals surface area contributed by atoms with Crippen LogP contribution in [0.15, 0.2) is 18.2 Å². The van der Waals surface area contributed by atoms with E-state index < -0.39 is 0 Å². The lowest BCUT2D eigenvalue weighted by molar-refractivity contribution is 0.0526. The number of rotatable bonds is 5. The second kappa shape index (κ2) is 8.91. The predicted octanol–water partition coefficient (Wildman–Crippen LogP) is 5.27. The van der Waals surface area contributed by atoms with E-state index >= 15 is 0 Å². The van der Waals surface area contributed by atoms with Crippen molar-refractivity contribution in [2.24, 2.45) is 0 Å². The molecule has 1 aliphatic rings. The van der Waals surface area contributed by atoms with E-state index in [0.29, 0.717) is 28.1 Å². The monoisotopic (exact) mass is 424 g/mol. The van der Waals surface area contributed by atoms with Gasteiger partial charge < -0.3 is 20.1 Å². The number of thiophene rings is 1. The third-order valence-electron chi connectivity index (χ3n) is 4.29. The minimum absolute atomic E-state index is 0.297. The number of anilines is 2. The molecule has 0 spiro atoms. The van der Waals surface area contributed by atoms with Crippen LogP contribution in [0.25, 0.3) is 0 Å². The number of nitrogens with one attached hydrogen (secondary N) is 2. The molecule has 144 valence electrons. The van der Waals surface area contributed by atoms with Crippen molar-refractivity contribution in [1.82, 2.24) is 0 Å². The number of fused-ring (bicyclic) bond motifs is 1. The largest absolute Gasteiger partial charge is 0.495 e.